The van der Waals surface area contributed by atoms with Gasteiger partial charge in [-0.3, -0.25) is 9.59 Å². The summed E-state index contributed by atoms with van der Waals surface area (Å²) < 4.78 is 10.5. The van der Waals surface area contributed by atoms with Gasteiger partial charge in [0.1, 0.15) is 0 Å². The molecule has 0 rings (SSSR count). The fraction of sp³-hybridized carbons (Fsp3) is 0.929. The highest BCUT2D eigenvalue weighted by atomic mass is 16.5. The Kier molecular flexibility index (Phi) is 25.3. The van der Waals surface area contributed by atoms with Crippen LogP contribution in [0.4, 0.5) is 0 Å². The monoisotopic (exact) mass is 454 g/mol. The lowest BCUT2D eigenvalue weighted by Gasteiger charge is -2.06. The fourth-order valence-electron chi connectivity index (χ4n) is 3.90. The molecule has 190 valence electrons. The zero-order valence-corrected chi connectivity index (χ0v) is 21.6. The standard InChI is InChI=1S/C28H54O4/c1-3-5-7-9-11-13-15-17-19-21-25-31-27(29)23-24-28(30)32-26-22-20-18-16-14-12-10-8-6-4-2/h3-26H2,1-2H3. The molecule has 4 nitrogen and oxygen atoms in total. The summed E-state index contributed by atoms with van der Waals surface area (Å²) in [7, 11) is 0. The zero-order chi connectivity index (χ0) is 23.5. The Labute approximate surface area is 199 Å². The van der Waals surface area contributed by atoms with Crippen LogP contribution in [0.1, 0.15) is 155 Å². The minimum Gasteiger partial charge on any atom is -0.466 e. The van der Waals surface area contributed by atoms with E-state index < -0.39 is 0 Å². The summed E-state index contributed by atoms with van der Waals surface area (Å²) in [5.74, 6) is -0.561. The summed E-state index contributed by atoms with van der Waals surface area (Å²) in [6, 6.07) is 0. The normalized spacial score (nSPS) is 10.9. The molecule has 0 atom stereocenters. The molecule has 0 aliphatic carbocycles. The average molecular weight is 455 g/mol. The SMILES string of the molecule is CCCCCCCCCCCCOC(=O)CCC(=O)OCCCCCCCCCCCC. The van der Waals surface area contributed by atoms with Crippen molar-refractivity contribution >= 4 is 11.9 Å². The molecule has 0 spiro atoms. The number of carbonyl (C=O) groups is 2. The van der Waals surface area contributed by atoms with Gasteiger partial charge in [-0.1, -0.05) is 129 Å². The highest BCUT2D eigenvalue weighted by Crippen LogP contribution is 2.12. The third-order valence-corrected chi connectivity index (χ3v) is 6.06. The van der Waals surface area contributed by atoms with E-state index in [1.165, 1.54) is 103 Å². The molecule has 0 fully saturated rings. The van der Waals surface area contributed by atoms with E-state index in [-0.39, 0.29) is 24.8 Å². The predicted molar refractivity (Wildman–Crippen MR) is 135 cm³/mol. The van der Waals surface area contributed by atoms with E-state index in [0.29, 0.717) is 13.2 Å². The van der Waals surface area contributed by atoms with Crippen LogP contribution in [0.15, 0.2) is 0 Å². The van der Waals surface area contributed by atoms with E-state index >= 15 is 0 Å². The molecule has 32 heavy (non-hydrogen) atoms. The Bertz CT molecular complexity index is 370. The minimum absolute atomic E-state index is 0.134. The molecule has 0 unspecified atom stereocenters. The second-order valence-electron chi connectivity index (χ2n) is 9.30. The molecule has 0 aliphatic rings. The van der Waals surface area contributed by atoms with Crippen LogP contribution >= 0.6 is 0 Å². The van der Waals surface area contributed by atoms with Crippen molar-refractivity contribution in [2.75, 3.05) is 13.2 Å². The first-order valence-corrected chi connectivity index (χ1v) is 14.0. The van der Waals surface area contributed by atoms with Gasteiger partial charge in [0, 0.05) is 0 Å². The van der Waals surface area contributed by atoms with E-state index in [4.69, 9.17) is 9.47 Å². The third kappa shape index (κ3) is 25.2. The highest BCUT2D eigenvalue weighted by molar-refractivity contribution is 5.77. The molecule has 0 heterocycles. The molecule has 0 N–H and O–H groups in total. The van der Waals surface area contributed by atoms with Gasteiger partial charge in [-0.05, 0) is 12.8 Å². The lowest BCUT2D eigenvalue weighted by molar-refractivity contribution is -0.150. The van der Waals surface area contributed by atoms with Crippen LogP contribution in [-0.4, -0.2) is 25.2 Å². The molecular formula is C28H54O4. The van der Waals surface area contributed by atoms with Crippen LogP contribution in [0.25, 0.3) is 0 Å². The Balaban J connectivity index is 3.30. The quantitative estimate of drug-likeness (QED) is 0.102. The van der Waals surface area contributed by atoms with Crippen molar-refractivity contribution < 1.29 is 19.1 Å². The van der Waals surface area contributed by atoms with Gasteiger partial charge in [-0.25, -0.2) is 0 Å². The first-order chi connectivity index (χ1) is 15.7. The summed E-state index contributed by atoms with van der Waals surface area (Å²) in [6.45, 7) is 5.45. The van der Waals surface area contributed by atoms with Crippen LogP contribution in [0, 0.1) is 0 Å². The summed E-state index contributed by atoms with van der Waals surface area (Å²) in [6.07, 6.45) is 25.5. The zero-order valence-electron chi connectivity index (χ0n) is 21.6. The van der Waals surface area contributed by atoms with Crippen molar-refractivity contribution in [1.82, 2.24) is 0 Å². The topological polar surface area (TPSA) is 52.6 Å². The second-order valence-corrected chi connectivity index (χ2v) is 9.30. The number of rotatable bonds is 25. The molecule has 0 saturated heterocycles. The second kappa shape index (κ2) is 26.2. The highest BCUT2D eigenvalue weighted by Gasteiger charge is 2.09. The molecule has 4 heteroatoms. The molecule has 0 amide bonds. The lowest BCUT2D eigenvalue weighted by atomic mass is 10.1. The Morgan fingerprint density at radius 1 is 0.406 bits per heavy atom. The van der Waals surface area contributed by atoms with E-state index in [1.54, 1.807) is 0 Å². The molecular weight excluding hydrogens is 400 g/mol. The van der Waals surface area contributed by atoms with Gasteiger partial charge >= 0.3 is 11.9 Å². The largest absolute Gasteiger partial charge is 0.466 e. The van der Waals surface area contributed by atoms with Crippen LogP contribution in [0.3, 0.4) is 0 Å². The maximum atomic E-state index is 11.7. The maximum absolute atomic E-state index is 11.7. The number of hydrogen-bond donors (Lipinski definition) is 0. The van der Waals surface area contributed by atoms with Crippen LogP contribution in [0.5, 0.6) is 0 Å². The van der Waals surface area contributed by atoms with Crippen LogP contribution in [-0.2, 0) is 19.1 Å². The van der Waals surface area contributed by atoms with Crippen LogP contribution < -0.4 is 0 Å². The van der Waals surface area contributed by atoms with Gasteiger partial charge in [0.15, 0.2) is 0 Å². The predicted octanol–water partition coefficient (Wildman–Crippen LogP) is 8.69. The van der Waals surface area contributed by atoms with E-state index in [2.05, 4.69) is 13.8 Å². The maximum Gasteiger partial charge on any atom is 0.306 e. The average Bonchev–Trinajstić information content (AvgIpc) is 2.79. The third-order valence-electron chi connectivity index (χ3n) is 6.06. The van der Waals surface area contributed by atoms with E-state index in [1.807, 2.05) is 0 Å². The number of esters is 2. The van der Waals surface area contributed by atoms with Gasteiger partial charge in [-0.2, -0.15) is 0 Å². The fourth-order valence-corrected chi connectivity index (χ4v) is 3.90. The van der Waals surface area contributed by atoms with Gasteiger partial charge in [0.25, 0.3) is 0 Å². The van der Waals surface area contributed by atoms with Crippen molar-refractivity contribution in [1.29, 1.82) is 0 Å². The van der Waals surface area contributed by atoms with Gasteiger partial charge in [-0.15, -0.1) is 0 Å². The summed E-state index contributed by atoms with van der Waals surface area (Å²) in [5, 5.41) is 0. The Morgan fingerprint density at radius 2 is 0.656 bits per heavy atom. The van der Waals surface area contributed by atoms with Crippen molar-refractivity contribution in [3.63, 3.8) is 0 Å². The molecule has 0 aromatic rings. The minimum atomic E-state index is -0.281. The van der Waals surface area contributed by atoms with Crippen LogP contribution in [0.2, 0.25) is 0 Å². The molecule has 0 saturated carbocycles. The molecule has 0 aromatic heterocycles. The number of hydrogen-bond acceptors (Lipinski definition) is 4. The molecule has 0 aliphatic heterocycles. The number of unbranched alkanes of at least 4 members (excludes halogenated alkanes) is 18. The van der Waals surface area contributed by atoms with Crippen molar-refractivity contribution in [2.45, 2.75) is 155 Å². The van der Waals surface area contributed by atoms with Crippen molar-refractivity contribution in [3.05, 3.63) is 0 Å². The molecule has 0 bridgehead atoms. The summed E-state index contributed by atoms with van der Waals surface area (Å²) in [5.41, 5.74) is 0. The Hall–Kier alpha value is -1.06. The van der Waals surface area contributed by atoms with Gasteiger partial charge < -0.3 is 9.47 Å². The van der Waals surface area contributed by atoms with Gasteiger partial charge in [0.05, 0.1) is 26.1 Å². The summed E-state index contributed by atoms with van der Waals surface area (Å²) >= 11 is 0. The number of ether oxygens (including phenoxy) is 2. The van der Waals surface area contributed by atoms with Crippen molar-refractivity contribution in [3.8, 4) is 0 Å². The Morgan fingerprint density at radius 3 is 0.938 bits per heavy atom. The van der Waals surface area contributed by atoms with Gasteiger partial charge in [0.2, 0.25) is 0 Å². The molecule has 0 aromatic carbocycles. The smallest absolute Gasteiger partial charge is 0.306 e. The number of carbonyl (C=O) groups excluding carboxylic acids is 2. The first-order valence-electron chi connectivity index (χ1n) is 14.0. The first kappa shape index (κ1) is 30.9. The lowest BCUT2D eigenvalue weighted by Crippen LogP contribution is -2.11. The summed E-state index contributed by atoms with van der Waals surface area (Å²) in [4.78, 5) is 23.5. The van der Waals surface area contributed by atoms with E-state index in [0.717, 1.165) is 25.7 Å². The molecule has 0 radical (unpaired) electrons. The van der Waals surface area contributed by atoms with E-state index in [9.17, 15) is 9.59 Å². The van der Waals surface area contributed by atoms with Crippen molar-refractivity contribution in [2.24, 2.45) is 0 Å².